The lowest BCUT2D eigenvalue weighted by molar-refractivity contribution is -0.106. The van der Waals surface area contributed by atoms with Crippen LogP contribution in [0.4, 0.5) is 13.2 Å². The molecule has 1 aromatic rings. The second kappa shape index (κ2) is 6.34. The van der Waals surface area contributed by atoms with Crippen molar-refractivity contribution in [1.29, 1.82) is 0 Å². The zero-order valence-corrected chi connectivity index (χ0v) is 17.1. The van der Waals surface area contributed by atoms with Gasteiger partial charge < -0.3 is 9.80 Å². The summed E-state index contributed by atoms with van der Waals surface area (Å²) in [4.78, 5) is 11.1. The molecule has 6 nitrogen and oxygen atoms in total. The maximum absolute atomic E-state index is 13.1. The number of halogens is 4. The largest absolute Gasteiger partial charge is 0.431 e. The van der Waals surface area contributed by atoms with Crippen molar-refractivity contribution in [3.05, 3.63) is 33.3 Å². The Morgan fingerprint density at radius 3 is 2.58 bits per heavy atom. The molecular formula is C14H14BrF3N4O2S2. The highest BCUT2D eigenvalue weighted by molar-refractivity contribution is 9.11. The number of hydrogen-bond donors (Lipinski definition) is 0. The van der Waals surface area contributed by atoms with Crippen LogP contribution in [0.15, 0.2) is 36.8 Å². The first-order chi connectivity index (χ1) is 12.0. The zero-order chi connectivity index (χ0) is 19.4. The Morgan fingerprint density at radius 1 is 1.35 bits per heavy atom. The fraction of sp³-hybridized carbons (Fsp3) is 0.429. The van der Waals surface area contributed by atoms with E-state index in [1.807, 2.05) is 0 Å². The van der Waals surface area contributed by atoms with E-state index >= 15 is 0 Å². The Balaban J connectivity index is 2.10. The number of thiazole rings is 1. The molecule has 0 bridgehead atoms. The van der Waals surface area contributed by atoms with E-state index in [9.17, 15) is 21.6 Å². The maximum Gasteiger partial charge on any atom is 0.431 e. The third-order valence-corrected chi connectivity index (χ3v) is 7.90. The van der Waals surface area contributed by atoms with Gasteiger partial charge in [0.1, 0.15) is 15.6 Å². The Kier molecular flexibility index (Phi) is 4.72. The summed E-state index contributed by atoms with van der Waals surface area (Å²) in [6.07, 6.45) is -3.04. The first kappa shape index (κ1) is 19.4. The maximum atomic E-state index is 13.1. The van der Waals surface area contributed by atoms with E-state index in [1.54, 1.807) is 11.9 Å². The molecule has 1 atom stereocenters. The average Bonchev–Trinajstić information content (AvgIpc) is 3.07. The molecule has 142 valence electrons. The van der Waals surface area contributed by atoms with Gasteiger partial charge in [0.05, 0.1) is 17.2 Å². The van der Waals surface area contributed by atoms with Crippen LogP contribution < -0.4 is 0 Å². The van der Waals surface area contributed by atoms with Gasteiger partial charge >= 0.3 is 6.18 Å². The molecule has 26 heavy (non-hydrogen) atoms. The zero-order valence-electron chi connectivity index (χ0n) is 13.9. The Hall–Kier alpha value is -1.40. The molecule has 0 saturated carbocycles. The monoisotopic (exact) mass is 470 g/mol. The third-order valence-electron chi connectivity index (χ3n) is 4.03. The van der Waals surface area contributed by atoms with Gasteiger partial charge in [-0.05, 0) is 22.0 Å². The van der Waals surface area contributed by atoms with Gasteiger partial charge in [-0.2, -0.15) is 13.2 Å². The fourth-order valence-electron chi connectivity index (χ4n) is 2.68. The number of rotatable bonds is 3. The number of fused-ring (bicyclic) bond motifs is 1. The van der Waals surface area contributed by atoms with Gasteiger partial charge in [0.15, 0.2) is 19.9 Å². The number of hydrogen-bond acceptors (Lipinski definition) is 7. The van der Waals surface area contributed by atoms with Crippen LogP contribution in [-0.4, -0.2) is 54.9 Å². The summed E-state index contributed by atoms with van der Waals surface area (Å²) in [6.45, 7) is 1.52. The second-order valence-corrected chi connectivity index (χ2v) is 10.4. The molecule has 0 N–H and O–H groups in total. The highest BCUT2D eigenvalue weighted by Gasteiger charge is 2.42. The highest BCUT2D eigenvalue weighted by atomic mass is 79.9. The molecule has 0 radical (unpaired) electrons. The molecule has 2 aliphatic rings. The van der Waals surface area contributed by atoms with Crippen molar-refractivity contribution in [2.75, 3.05) is 19.8 Å². The molecule has 0 spiro atoms. The Bertz CT molecular complexity index is 950. The molecule has 1 aromatic heterocycles. The molecule has 0 fully saturated rings. The number of alkyl halides is 3. The van der Waals surface area contributed by atoms with E-state index in [1.165, 1.54) is 20.2 Å². The van der Waals surface area contributed by atoms with E-state index in [2.05, 4.69) is 25.9 Å². The summed E-state index contributed by atoms with van der Waals surface area (Å²) < 4.78 is 64.5. The normalized spacial score (nSPS) is 20.7. The van der Waals surface area contributed by atoms with Crippen LogP contribution in [0.1, 0.15) is 18.8 Å². The quantitative estimate of drug-likeness (QED) is 0.677. The average molecular weight is 471 g/mol. The molecule has 3 heterocycles. The van der Waals surface area contributed by atoms with Crippen molar-refractivity contribution < 1.29 is 21.6 Å². The fourth-order valence-corrected chi connectivity index (χ4v) is 6.07. The lowest BCUT2D eigenvalue weighted by atomic mass is 10.1. The van der Waals surface area contributed by atoms with Crippen molar-refractivity contribution in [2.24, 2.45) is 4.99 Å². The lowest BCUT2D eigenvalue weighted by Gasteiger charge is -2.28. The first-order valence-corrected chi connectivity index (χ1v) is 10.7. The molecule has 0 amide bonds. The first-order valence-electron chi connectivity index (χ1n) is 7.39. The molecule has 0 aromatic carbocycles. The van der Waals surface area contributed by atoms with Gasteiger partial charge in [-0.3, -0.25) is 4.99 Å². The second-order valence-electron chi connectivity index (χ2n) is 5.69. The SMILES string of the molecule is CCS(=O)(=O)c1sc(Br)nc1C1N=C2C=C(C(F)(F)F)N(C)C=C2N1C. The van der Waals surface area contributed by atoms with E-state index < -0.39 is 27.9 Å². The van der Waals surface area contributed by atoms with Crippen LogP contribution in [-0.2, 0) is 9.84 Å². The van der Waals surface area contributed by atoms with Crippen LogP contribution in [0, 0.1) is 0 Å². The molecule has 0 saturated heterocycles. The molecule has 0 aliphatic carbocycles. The number of allylic oxidation sites excluding steroid dienone is 2. The number of aromatic nitrogens is 1. The molecule has 2 aliphatic heterocycles. The standard InChI is InChI=1S/C14H14BrF3N4O2S2/c1-4-26(23,24)12-10(20-13(15)25-12)11-19-7-5-9(14(16,17)18)21(2)6-8(7)22(11)3/h5-6,11H,4H2,1-3H3. The number of nitrogens with zero attached hydrogens (tertiary/aromatic N) is 4. The van der Waals surface area contributed by atoms with Gasteiger partial charge in [-0.25, -0.2) is 13.4 Å². The summed E-state index contributed by atoms with van der Waals surface area (Å²) in [7, 11) is -0.598. The summed E-state index contributed by atoms with van der Waals surface area (Å²) in [5.74, 6) is -0.106. The van der Waals surface area contributed by atoms with E-state index in [-0.39, 0.29) is 21.4 Å². The van der Waals surface area contributed by atoms with Crippen LogP contribution in [0.5, 0.6) is 0 Å². The number of sulfone groups is 1. The summed E-state index contributed by atoms with van der Waals surface area (Å²) in [5, 5.41) is 0. The van der Waals surface area contributed by atoms with Crippen molar-refractivity contribution in [2.45, 2.75) is 23.5 Å². The van der Waals surface area contributed by atoms with Gasteiger partial charge in [-0.15, -0.1) is 0 Å². The van der Waals surface area contributed by atoms with E-state index in [0.29, 0.717) is 9.61 Å². The summed E-state index contributed by atoms with van der Waals surface area (Å²) in [6, 6.07) is 0. The van der Waals surface area contributed by atoms with Crippen molar-refractivity contribution >= 4 is 42.8 Å². The van der Waals surface area contributed by atoms with Gasteiger partial charge in [0.25, 0.3) is 0 Å². The predicted molar refractivity (Wildman–Crippen MR) is 95.5 cm³/mol. The molecular weight excluding hydrogens is 457 g/mol. The van der Waals surface area contributed by atoms with E-state index in [0.717, 1.165) is 22.3 Å². The smallest absolute Gasteiger partial charge is 0.345 e. The van der Waals surface area contributed by atoms with Crippen LogP contribution >= 0.6 is 27.3 Å². The van der Waals surface area contributed by atoms with Gasteiger partial charge in [0, 0.05) is 20.3 Å². The van der Waals surface area contributed by atoms with Gasteiger partial charge in [-0.1, -0.05) is 18.3 Å². The topological polar surface area (TPSA) is 65.9 Å². The third kappa shape index (κ3) is 3.18. The van der Waals surface area contributed by atoms with Crippen molar-refractivity contribution in [3.8, 4) is 0 Å². The van der Waals surface area contributed by atoms with Crippen LogP contribution in [0.2, 0.25) is 0 Å². The number of aliphatic imine (C=N–C) groups is 1. The predicted octanol–water partition coefficient (Wildman–Crippen LogP) is 3.32. The molecule has 1 unspecified atom stereocenters. The molecule has 3 rings (SSSR count). The minimum Gasteiger partial charge on any atom is -0.345 e. The van der Waals surface area contributed by atoms with Crippen LogP contribution in [0.3, 0.4) is 0 Å². The Morgan fingerprint density at radius 2 is 2.00 bits per heavy atom. The Labute approximate surface area is 160 Å². The van der Waals surface area contributed by atoms with Crippen molar-refractivity contribution in [1.82, 2.24) is 14.8 Å². The minimum atomic E-state index is -4.52. The van der Waals surface area contributed by atoms with Crippen LogP contribution in [0.25, 0.3) is 0 Å². The lowest BCUT2D eigenvalue weighted by Crippen LogP contribution is -2.31. The minimum absolute atomic E-state index is 0.0701. The molecule has 12 heteroatoms. The summed E-state index contributed by atoms with van der Waals surface area (Å²) in [5.41, 5.74) is -0.0186. The highest BCUT2D eigenvalue weighted by Crippen LogP contribution is 2.41. The van der Waals surface area contributed by atoms with Gasteiger partial charge in [0.2, 0.25) is 0 Å². The van der Waals surface area contributed by atoms with E-state index in [4.69, 9.17) is 0 Å². The van der Waals surface area contributed by atoms with Crippen molar-refractivity contribution in [3.63, 3.8) is 0 Å². The summed E-state index contributed by atoms with van der Waals surface area (Å²) >= 11 is 4.16.